The van der Waals surface area contributed by atoms with Gasteiger partial charge in [-0.1, -0.05) is 19.3 Å². The van der Waals surface area contributed by atoms with Crippen molar-refractivity contribution in [3.05, 3.63) is 0 Å². The SMILES string of the molecule is NCCCC(=O)N1CCC2CCCCC2C1. The quantitative estimate of drug-likeness (QED) is 0.794. The van der Waals surface area contributed by atoms with Gasteiger partial charge in [-0.05, 0) is 37.6 Å². The lowest BCUT2D eigenvalue weighted by atomic mass is 9.75. The largest absolute Gasteiger partial charge is 0.342 e. The molecule has 3 heteroatoms. The first-order chi connectivity index (χ1) is 7.81. The first-order valence-electron chi connectivity index (χ1n) is 6.79. The van der Waals surface area contributed by atoms with Crippen molar-refractivity contribution in [3.8, 4) is 0 Å². The smallest absolute Gasteiger partial charge is 0.222 e. The van der Waals surface area contributed by atoms with E-state index < -0.39 is 0 Å². The van der Waals surface area contributed by atoms with E-state index in [1.807, 2.05) is 0 Å². The summed E-state index contributed by atoms with van der Waals surface area (Å²) in [4.78, 5) is 14.0. The molecule has 0 aromatic heterocycles. The third kappa shape index (κ3) is 2.76. The van der Waals surface area contributed by atoms with Gasteiger partial charge in [0.1, 0.15) is 0 Å². The fourth-order valence-electron chi connectivity index (χ4n) is 3.24. The lowest BCUT2D eigenvalue weighted by Gasteiger charge is -2.41. The topological polar surface area (TPSA) is 46.3 Å². The van der Waals surface area contributed by atoms with Crippen LogP contribution in [0.15, 0.2) is 0 Å². The molecular weight excluding hydrogens is 200 g/mol. The van der Waals surface area contributed by atoms with E-state index in [2.05, 4.69) is 4.90 Å². The van der Waals surface area contributed by atoms with Crippen LogP contribution in [-0.4, -0.2) is 30.4 Å². The number of rotatable bonds is 3. The van der Waals surface area contributed by atoms with Crippen molar-refractivity contribution >= 4 is 5.91 Å². The highest BCUT2D eigenvalue weighted by Gasteiger charge is 2.32. The number of nitrogens with two attached hydrogens (primary N) is 1. The Labute approximate surface area is 98.4 Å². The predicted molar refractivity (Wildman–Crippen MR) is 64.9 cm³/mol. The number of carbonyl (C=O) groups excluding carboxylic acids is 1. The van der Waals surface area contributed by atoms with E-state index in [1.54, 1.807) is 0 Å². The molecule has 0 aromatic carbocycles. The molecule has 2 unspecified atom stereocenters. The fourth-order valence-corrected chi connectivity index (χ4v) is 3.24. The maximum Gasteiger partial charge on any atom is 0.222 e. The van der Waals surface area contributed by atoms with Gasteiger partial charge in [0.05, 0.1) is 0 Å². The molecule has 1 saturated carbocycles. The summed E-state index contributed by atoms with van der Waals surface area (Å²) in [6, 6.07) is 0. The zero-order chi connectivity index (χ0) is 11.4. The molecule has 0 radical (unpaired) electrons. The molecule has 1 amide bonds. The number of likely N-dealkylation sites (tertiary alicyclic amines) is 1. The maximum absolute atomic E-state index is 11.9. The van der Waals surface area contributed by atoms with Gasteiger partial charge in [-0.2, -0.15) is 0 Å². The van der Waals surface area contributed by atoms with Gasteiger partial charge in [0.2, 0.25) is 5.91 Å². The Kier molecular flexibility index (Phi) is 4.22. The average Bonchev–Trinajstić information content (AvgIpc) is 2.35. The minimum Gasteiger partial charge on any atom is -0.342 e. The third-order valence-corrected chi connectivity index (χ3v) is 4.24. The van der Waals surface area contributed by atoms with Crippen LogP contribution in [0.1, 0.15) is 44.9 Å². The second-order valence-electron chi connectivity index (χ2n) is 5.33. The molecule has 2 rings (SSSR count). The van der Waals surface area contributed by atoms with Crippen LogP contribution >= 0.6 is 0 Å². The van der Waals surface area contributed by atoms with Gasteiger partial charge in [0.15, 0.2) is 0 Å². The molecule has 92 valence electrons. The van der Waals surface area contributed by atoms with Crippen molar-refractivity contribution in [2.24, 2.45) is 17.6 Å². The number of fused-ring (bicyclic) bond motifs is 1. The van der Waals surface area contributed by atoms with Gasteiger partial charge in [-0.25, -0.2) is 0 Å². The molecule has 16 heavy (non-hydrogen) atoms. The maximum atomic E-state index is 11.9. The van der Waals surface area contributed by atoms with E-state index in [0.29, 0.717) is 18.9 Å². The van der Waals surface area contributed by atoms with Crippen molar-refractivity contribution in [2.45, 2.75) is 44.9 Å². The van der Waals surface area contributed by atoms with E-state index in [0.717, 1.165) is 31.3 Å². The van der Waals surface area contributed by atoms with Crippen molar-refractivity contribution in [2.75, 3.05) is 19.6 Å². The Morgan fingerprint density at radius 2 is 1.94 bits per heavy atom. The van der Waals surface area contributed by atoms with Gasteiger partial charge < -0.3 is 10.6 Å². The van der Waals surface area contributed by atoms with Gasteiger partial charge in [0, 0.05) is 19.5 Å². The van der Waals surface area contributed by atoms with Crippen molar-refractivity contribution in [1.29, 1.82) is 0 Å². The first kappa shape index (κ1) is 11.9. The molecule has 0 spiro atoms. The van der Waals surface area contributed by atoms with Crippen LogP contribution in [-0.2, 0) is 4.79 Å². The molecule has 1 saturated heterocycles. The molecule has 1 heterocycles. The highest BCUT2D eigenvalue weighted by atomic mass is 16.2. The molecule has 2 aliphatic rings. The van der Waals surface area contributed by atoms with E-state index in [1.165, 1.54) is 32.1 Å². The van der Waals surface area contributed by atoms with Crippen LogP contribution in [0.25, 0.3) is 0 Å². The number of carbonyl (C=O) groups is 1. The van der Waals surface area contributed by atoms with E-state index in [9.17, 15) is 4.79 Å². The Morgan fingerprint density at radius 3 is 2.69 bits per heavy atom. The summed E-state index contributed by atoms with van der Waals surface area (Å²) in [7, 11) is 0. The summed E-state index contributed by atoms with van der Waals surface area (Å²) in [5.41, 5.74) is 5.44. The van der Waals surface area contributed by atoms with Gasteiger partial charge >= 0.3 is 0 Å². The molecule has 2 fully saturated rings. The van der Waals surface area contributed by atoms with Crippen LogP contribution < -0.4 is 5.73 Å². The molecule has 0 bridgehead atoms. The van der Waals surface area contributed by atoms with Crippen molar-refractivity contribution in [1.82, 2.24) is 4.90 Å². The average molecular weight is 224 g/mol. The molecule has 0 aromatic rings. The minimum atomic E-state index is 0.328. The summed E-state index contributed by atoms with van der Waals surface area (Å²) in [5.74, 6) is 2.03. The molecular formula is C13H24N2O. The van der Waals surface area contributed by atoms with E-state index in [-0.39, 0.29) is 0 Å². The van der Waals surface area contributed by atoms with Crippen molar-refractivity contribution < 1.29 is 4.79 Å². The van der Waals surface area contributed by atoms with Crippen LogP contribution in [0.3, 0.4) is 0 Å². The number of hydrogen-bond acceptors (Lipinski definition) is 2. The lowest BCUT2D eigenvalue weighted by molar-refractivity contribution is -0.134. The number of piperidine rings is 1. The molecule has 2 atom stereocenters. The zero-order valence-corrected chi connectivity index (χ0v) is 10.2. The minimum absolute atomic E-state index is 0.328. The normalized spacial score (nSPS) is 29.9. The zero-order valence-electron chi connectivity index (χ0n) is 10.2. The summed E-state index contributed by atoms with van der Waals surface area (Å²) < 4.78 is 0. The summed E-state index contributed by atoms with van der Waals surface area (Å²) >= 11 is 0. The van der Waals surface area contributed by atoms with Crippen LogP contribution in [0.5, 0.6) is 0 Å². The van der Waals surface area contributed by atoms with Crippen molar-refractivity contribution in [3.63, 3.8) is 0 Å². The summed E-state index contributed by atoms with van der Waals surface area (Å²) in [5, 5.41) is 0. The Balaban J connectivity index is 1.82. The molecule has 3 nitrogen and oxygen atoms in total. The van der Waals surface area contributed by atoms with Crippen LogP contribution in [0.2, 0.25) is 0 Å². The number of amides is 1. The second kappa shape index (κ2) is 5.67. The Morgan fingerprint density at radius 1 is 1.19 bits per heavy atom. The highest BCUT2D eigenvalue weighted by Crippen LogP contribution is 2.36. The van der Waals surface area contributed by atoms with E-state index in [4.69, 9.17) is 5.73 Å². The number of hydrogen-bond donors (Lipinski definition) is 1. The predicted octanol–water partition coefficient (Wildman–Crippen LogP) is 1.76. The first-order valence-corrected chi connectivity index (χ1v) is 6.79. The molecule has 1 aliphatic carbocycles. The van der Waals surface area contributed by atoms with Crippen LogP contribution in [0.4, 0.5) is 0 Å². The van der Waals surface area contributed by atoms with Crippen LogP contribution in [0, 0.1) is 11.8 Å². The standard InChI is InChI=1S/C13H24N2O/c14-8-3-6-13(16)15-9-7-11-4-1-2-5-12(11)10-15/h11-12H,1-10,14H2. The monoisotopic (exact) mass is 224 g/mol. The second-order valence-corrected chi connectivity index (χ2v) is 5.33. The lowest BCUT2D eigenvalue weighted by Crippen LogP contribution is -2.44. The highest BCUT2D eigenvalue weighted by molar-refractivity contribution is 5.76. The molecule has 2 N–H and O–H groups in total. The number of nitrogens with zero attached hydrogens (tertiary/aromatic N) is 1. The Bertz CT molecular complexity index is 242. The summed E-state index contributed by atoms with van der Waals surface area (Å²) in [6.07, 6.45) is 8.23. The summed E-state index contributed by atoms with van der Waals surface area (Å²) in [6.45, 7) is 2.64. The third-order valence-electron chi connectivity index (χ3n) is 4.24. The molecule has 1 aliphatic heterocycles. The van der Waals surface area contributed by atoms with Gasteiger partial charge in [-0.3, -0.25) is 4.79 Å². The fraction of sp³-hybridized carbons (Fsp3) is 0.923. The Hall–Kier alpha value is -0.570. The van der Waals surface area contributed by atoms with Gasteiger partial charge in [0.25, 0.3) is 0 Å². The van der Waals surface area contributed by atoms with E-state index >= 15 is 0 Å². The van der Waals surface area contributed by atoms with Gasteiger partial charge in [-0.15, -0.1) is 0 Å².